The Hall–Kier alpha value is -1.56. The number of carbonyl (C=O) groups excluding carboxylic acids is 1. The van der Waals surface area contributed by atoms with Crippen molar-refractivity contribution >= 4 is 23.6 Å². The summed E-state index contributed by atoms with van der Waals surface area (Å²) in [6.07, 6.45) is 1.21. The topological polar surface area (TPSA) is 90.1 Å². The highest BCUT2D eigenvalue weighted by Gasteiger charge is 2.33. The van der Waals surface area contributed by atoms with Crippen molar-refractivity contribution in [2.24, 2.45) is 0 Å². The van der Waals surface area contributed by atoms with Crippen molar-refractivity contribution in [2.45, 2.75) is 51.2 Å². The molecule has 110 valence electrons. The third-order valence-electron chi connectivity index (χ3n) is 3.01. The molecule has 6 nitrogen and oxygen atoms in total. The lowest BCUT2D eigenvalue weighted by Crippen LogP contribution is -2.45. The summed E-state index contributed by atoms with van der Waals surface area (Å²) in [5.41, 5.74) is 5.90. The summed E-state index contributed by atoms with van der Waals surface area (Å²) in [6, 6.07) is 1.82. The molecule has 1 aromatic rings. The van der Waals surface area contributed by atoms with Crippen LogP contribution in [0.4, 0.5) is 10.7 Å². The van der Waals surface area contributed by atoms with E-state index in [1.807, 2.05) is 20.8 Å². The van der Waals surface area contributed by atoms with Gasteiger partial charge in [0.05, 0.1) is 5.69 Å². The highest BCUT2D eigenvalue weighted by Crippen LogP contribution is 2.36. The van der Waals surface area contributed by atoms with Crippen LogP contribution in [0.1, 0.15) is 45.2 Å². The lowest BCUT2D eigenvalue weighted by molar-refractivity contribution is 0.0470. The quantitative estimate of drug-likeness (QED) is 0.819. The summed E-state index contributed by atoms with van der Waals surface area (Å²) in [6.45, 7) is 5.51. The van der Waals surface area contributed by atoms with Crippen LogP contribution in [0.25, 0.3) is 0 Å². The van der Waals surface area contributed by atoms with Gasteiger partial charge < -0.3 is 15.8 Å². The minimum absolute atomic E-state index is 0.102. The summed E-state index contributed by atoms with van der Waals surface area (Å²) in [5.74, 6) is 0.425. The number of alkyl carbamates (subject to hydrolysis) is 1. The number of nitrogens with zero attached hydrogens (tertiary/aromatic N) is 2. The number of nitrogen functional groups attached to an aromatic ring is 1. The molecule has 0 saturated heterocycles. The van der Waals surface area contributed by atoms with Gasteiger partial charge in [-0.2, -0.15) is 0 Å². The fraction of sp³-hybridized carbons (Fsp3) is 0.615. The standard InChI is InChI=1S/C13H19ClN4O2/c1-13(2,3)20-12(19)16-8-4-7(5-8)9-6-10(14)18-11(15)17-9/h6-8H,4-5H2,1-3H3,(H,16,19)(H2,15,17,18)/t7-,8-. The first-order valence-corrected chi connectivity index (χ1v) is 6.90. The molecule has 0 aliphatic heterocycles. The van der Waals surface area contributed by atoms with Crippen molar-refractivity contribution < 1.29 is 9.53 Å². The number of hydrogen-bond acceptors (Lipinski definition) is 5. The van der Waals surface area contributed by atoms with E-state index in [2.05, 4.69) is 15.3 Å². The number of nitrogens with one attached hydrogen (secondary N) is 1. The zero-order valence-corrected chi connectivity index (χ0v) is 12.6. The smallest absolute Gasteiger partial charge is 0.407 e. The summed E-state index contributed by atoms with van der Waals surface area (Å²) in [5, 5.41) is 3.18. The minimum Gasteiger partial charge on any atom is -0.444 e. The Morgan fingerprint density at radius 1 is 1.45 bits per heavy atom. The van der Waals surface area contributed by atoms with Gasteiger partial charge in [-0.15, -0.1) is 0 Å². The first-order chi connectivity index (χ1) is 9.23. The van der Waals surface area contributed by atoms with E-state index in [0.717, 1.165) is 18.5 Å². The van der Waals surface area contributed by atoms with Gasteiger partial charge in [0.2, 0.25) is 5.95 Å². The van der Waals surface area contributed by atoms with Crippen LogP contribution in [0.3, 0.4) is 0 Å². The van der Waals surface area contributed by atoms with E-state index in [1.54, 1.807) is 6.07 Å². The number of halogens is 1. The third-order valence-corrected chi connectivity index (χ3v) is 3.20. The Kier molecular flexibility index (Phi) is 4.04. The molecule has 3 N–H and O–H groups in total. The van der Waals surface area contributed by atoms with Crippen LogP contribution in [-0.4, -0.2) is 27.7 Å². The molecule has 20 heavy (non-hydrogen) atoms. The predicted octanol–water partition coefficient (Wildman–Crippen LogP) is 2.48. The van der Waals surface area contributed by atoms with Crippen LogP contribution in [0.5, 0.6) is 0 Å². The molecular weight excluding hydrogens is 280 g/mol. The van der Waals surface area contributed by atoms with Crippen molar-refractivity contribution in [3.05, 3.63) is 16.9 Å². The molecule has 0 bridgehead atoms. The van der Waals surface area contributed by atoms with Crippen molar-refractivity contribution in [3.8, 4) is 0 Å². The largest absolute Gasteiger partial charge is 0.444 e. The fourth-order valence-corrected chi connectivity index (χ4v) is 2.31. The number of carbonyl (C=O) groups is 1. The number of nitrogens with two attached hydrogens (primary N) is 1. The van der Waals surface area contributed by atoms with Gasteiger partial charge in [0.25, 0.3) is 0 Å². The Bertz CT molecular complexity index is 489. The van der Waals surface area contributed by atoms with Gasteiger partial charge >= 0.3 is 6.09 Å². The van der Waals surface area contributed by atoms with Crippen LogP contribution in [0.15, 0.2) is 6.07 Å². The van der Waals surface area contributed by atoms with Gasteiger partial charge in [-0.05, 0) is 39.7 Å². The fourth-order valence-electron chi connectivity index (χ4n) is 2.11. The maximum absolute atomic E-state index is 11.6. The van der Waals surface area contributed by atoms with E-state index >= 15 is 0 Å². The van der Waals surface area contributed by atoms with Gasteiger partial charge in [-0.1, -0.05) is 11.6 Å². The molecule has 0 spiro atoms. The molecule has 0 aromatic carbocycles. The number of anilines is 1. The number of aromatic nitrogens is 2. The third kappa shape index (κ3) is 3.96. The number of hydrogen-bond donors (Lipinski definition) is 2. The Morgan fingerprint density at radius 3 is 2.65 bits per heavy atom. The number of ether oxygens (including phenoxy) is 1. The van der Waals surface area contributed by atoms with E-state index in [-0.39, 0.29) is 24.0 Å². The van der Waals surface area contributed by atoms with Crippen molar-refractivity contribution in [3.63, 3.8) is 0 Å². The molecule has 1 heterocycles. The van der Waals surface area contributed by atoms with Crippen LogP contribution < -0.4 is 11.1 Å². The summed E-state index contributed by atoms with van der Waals surface area (Å²) in [4.78, 5) is 19.6. The molecule has 2 rings (SSSR count). The second-order valence-corrected chi connectivity index (χ2v) is 6.37. The molecular formula is C13H19ClN4O2. The summed E-state index contributed by atoms with van der Waals surface area (Å²) >= 11 is 5.85. The molecule has 1 saturated carbocycles. The second-order valence-electron chi connectivity index (χ2n) is 5.99. The molecule has 1 amide bonds. The predicted molar refractivity (Wildman–Crippen MR) is 76.6 cm³/mol. The Labute approximate surface area is 123 Å². The number of amides is 1. The summed E-state index contributed by atoms with van der Waals surface area (Å²) < 4.78 is 5.21. The van der Waals surface area contributed by atoms with Gasteiger partial charge in [0.1, 0.15) is 10.8 Å². The monoisotopic (exact) mass is 298 g/mol. The molecule has 1 aromatic heterocycles. The van der Waals surface area contributed by atoms with Crippen LogP contribution in [0, 0.1) is 0 Å². The van der Waals surface area contributed by atoms with Gasteiger partial charge in [0.15, 0.2) is 0 Å². The van der Waals surface area contributed by atoms with Crippen LogP contribution in [-0.2, 0) is 4.74 Å². The van der Waals surface area contributed by atoms with E-state index in [4.69, 9.17) is 22.1 Å². The van der Waals surface area contributed by atoms with Crippen LogP contribution in [0.2, 0.25) is 5.15 Å². The van der Waals surface area contributed by atoms with E-state index in [9.17, 15) is 4.79 Å². The molecule has 0 radical (unpaired) electrons. The van der Waals surface area contributed by atoms with Crippen molar-refractivity contribution in [1.29, 1.82) is 0 Å². The van der Waals surface area contributed by atoms with E-state index in [1.165, 1.54) is 0 Å². The molecule has 1 aliphatic rings. The van der Waals surface area contributed by atoms with Gasteiger partial charge in [0, 0.05) is 12.0 Å². The molecule has 1 fully saturated rings. The molecule has 0 atom stereocenters. The van der Waals surface area contributed by atoms with Gasteiger partial charge in [-0.3, -0.25) is 0 Å². The minimum atomic E-state index is -0.484. The highest BCUT2D eigenvalue weighted by atomic mass is 35.5. The van der Waals surface area contributed by atoms with Crippen LogP contribution >= 0.6 is 11.6 Å². The Morgan fingerprint density at radius 2 is 2.10 bits per heavy atom. The maximum Gasteiger partial charge on any atom is 0.407 e. The summed E-state index contributed by atoms with van der Waals surface area (Å²) in [7, 11) is 0. The normalized spacial score (nSPS) is 22.0. The highest BCUT2D eigenvalue weighted by molar-refractivity contribution is 6.29. The van der Waals surface area contributed by atoms with Crippen molar-refractivity contribution in [1.82, 2.24) is 15.3 Å². The zero-order valence-electron chi connectivity index (χ0n) is 11.8. The second kappa shape index (κ2) is 5.44. The lowest BCUT2D eigenvalue weighted by Gasteiger charge is -2.35. The average molecular weight is 299 g/mol. The molecule has 0 unspecified atom stereocenters. The van der Waals surface area contributed by atoms with E-state index < -0.39 is 5.60 Å². The molecule has 7 heteroatoms. The molecule has 1 aliphatic carbocycles. The van der Waals surface area contributed by atoms with Gasteiger partial charge in [-0.25, -0.2) is 14.8 Å². The van der Waals surface area contributed by atoms with Crippen molar-refractivity contribution in [2.75, 3.05) is 5.73 Å². The van der Waals surface area contributed by atoms with E-state index in [0.29, 0.717) is 5.15 Å². The maximum atomic E-state index is 11.6. The average Bonchev–Trinajstić information content (AvgIpc) is 2.18. The zero-order chi connectivity index (χ0) is 14.9. The lowest BCUT2D eigenvalue weighted by atomic mass is 9.78. The Balaban J connectivity index is 1.84. The SMILES string of the molecule is CC(C)(C)OC(=O)N[C@H]1C[C@H](c2cc(Cl)nc(N)n2)C1. The first-order valence-electron chi connectivity index (χ1n) is 6.52. The number of rotatable bonds is 2. The first kappa shape index (κ1) is 14.8.